The van der Waals surface area contributed by atoms with Crippen LogP contribution in [0.2, 0.25) is 0 Å². The summed E-state index contributed by atoms with van der Waals surface area (Å²) < 4.78 is 4.97. The highest BCUT2D eigenvalue weighted by Gasteiger charge is 2.24. The van der Waals surface area contributed by atoms with Crippen molar-refractivity contribution >= 4 is 23.5 Å². The third kappa shape index (κ3) is 4.93. The topological polar surface area (TPSA) is 70.7 Å². The van der Waals surface area contributed by atoms with Crippen molar-refractivity contribution in [2.24, 2.45) is 0 Å². The number of piperidine rings is 1. The van der Waals surface area contributed by atoms with E-state index in [1.807, 2.05) is 17.5 Å². The number of hydrogen-bond donors (Lipinski definition) is 2. The lowest BCUT2D eigenvalue weighted by atomic mass is 10.1. The summed E-state index contributed by atoms with van der Waals surface area (Å²) >= 11 is 1.62. The van der Waals surface area contributed by atoms with Gasteiger partial charge in [-0.3, -0.25) is 0 Å². The molecule has 2 rings (SSSR count). The molecule has 0 spiro atoms. The van der Waals surface area contributed by atoms with Gasteiger partial charge in [0.15, 0.2) is 0 Å². The molecule has 2 heterocycles. The van der Waals surface area contributed by atoms with Gasteiger partial charge >= 0.3 is 12.1 Å². The number of carbonyl (C=O) groups excluding carboxylic acids is 2. The lowest BCUT2D eigenvalue weighted by Gasteiger charge is -2.31. The van der Waals surface area contributed by atoms with E-state index in [9.17, 15) is 9.59 Å². The predicted molar refractivity (Wildman–Crippen MR) is 81.3 cm³/mol. The molecule has 21 heavy (non-hydrogen) atoms. The molecule has 1 aromatic heterocycles. The van der Waals surface area contributed by atoms with Crippen molar-refractivity contribution in [3.8, 4) is 0 Å². The number of urea groups is 1. The molecule has 1 aromatic rings. The van der Waals surface area contributed by atoms with Crippen LogP contribution in [0.3, 0.4) is 0 Å². The number of ether oxygens (including phenoxy) is 1. The van der Waals surface area contributed by atoms with Gasteiger partial charge in [0.2, 0.25) is 0 Å². The number of hydrogen-bond acceptors (Lipinski definition) is 4. The summed E-state index contributed by atoms with van der Waals surface area (Å²) in [6.07, 6.45) is 1.24. The third-order valence-corrected chi connectivity index (χ3v) is 4.24. The third-order valence-electron chi connectivity index (χ3n) is 3.36. The minimum atomic E-state index is -0.266. The lowest BCUT2D eigenvalue weighted by Crippen LogP contribution is -2.49. The molecule has 1 saturated heterocycles. The first-order valence-electron chi connectivity index (χ1n) is 7.17. The van der Waals surface area contributed by atoms with E-state index in [2.05, 4.69) is 10.6 Å². The van der Waals surface area contributed by atoms with Crippen LogP contribution in [0.5, 0.6) is 0 Å². The van der Waals surface area contributed by atoms with Crippen LogP contribution in [-0.4, -0.2) is 42.8 Å². The smallest absolute Gasteiger partial charge is 0.409 e. The van der Waals surface area contributed by atoms with Crippen molar-refractivity contribution in [2.75, 3.05) is 19.7 Å². The predicted octanol–water partition coefficient (Wildman–Crippen LogP) is 2.17. The minimum absolute atomic E-state index is 0.110. The molecule has 0 unspecified atom stereocenters. The number of nitrogens with one attached hydrogen (secondary N) is 2. The van der Waals surface area contributed by atoms with Gasteiger partial charge in [-0.15, -0.1) is 11.3 Å². The second-order valence-electron chi connectivity index (χ2n) is 4.87. The van der Waals surface area contributed by atoms with Gasteiger partial charge in [-0.1, -0.05) is 6.07 Å². The van der Waals surface area contributed by atoms with E-state index in [-0.39, 0.29) is 18.2 Å². The van der Waals surface area contributed by atoms with Crippen LogP contribution in [0, 0.1) is 0 Å². The molecule has 2 N–H and O–H groups in total. The van der Waals surface area contributed by atoms with Crippen molar-refractivity contribution in [3.05, 3.63) is 22.4 Å². The van der Waals surface area contributed by atoms with Crippen molar-refractivity contribution in [1.29, 1.82) is 0 Å². The van der Waals surface area contributed by atoms with Gasteiger partial charge in [-0.25, -0.2) is 9.59 Å². The Hall–Kier alpha value is -1.76. The fourth-order valence-corrected chi connectivity index (χ4v) is 2.88. The molecule has 3 amide bonds. The zero-order valence-corrected chi connectivity index (χ0v) is 12.9. The summed E-state index contributed by atoms with van der Waals surface area (Å²) in [5.41, 5.74) is 0. The molecule has 0 atom stereocenters. The Morgan fingerprint density at radius 2 is 2.19 bits per heavy atom. The van der Waals surface area contributed by atoms with E-state index >= 15 is 0 Å². The molecule has 1 fully saturated rings. The number of carbonyl (C=O) groups is 2. The van der Waals surface area contributed by atoms with E-state index in [0.29, 0.717) is 26.2 Å². The lowest BCUT2D eigenvalue weighted by molar-refractivity contribution is 0.0957. The van der Waals surface area contributed by atoms with E-state index < -0.39 is 0 Å². The largest absolute Gasteiger partial charge is 0.450 e. The molecular weight excluding hydrogens is 290 g/mol. The van der Waals surface area contributed by atoms with Crippen LogP contribution < -0.4 is 10.6 Å². The maximum atomic E-state index is 11.8. The molecule has 116 valence electrons. The van der Waals surface area contributed by atoms with Gasteiger partial charge in [0.1, 0.15) is 0 Å². The van der Waals surface area contributed by atoms with Crippen molar-refractivity contribution in [2.45, 2.75) is 32.4 Å². The van der Waals surface area contributed by atoms with Gasteiger partial charge < -0.3 is 20.3 Å². The Morgan fingerprint density at radius 1 is 1.43 bits per heavy atom. The molecular formula is C14H21N3O3S. The van der Waals surface area contributed by atoms with Crippen molar-refractivity contribution in [3.63, 3.8) is 0 Å². The number of thiophene rings is 1. The molecule has 0 radical (unpaired) electrons. The summed E-state index contributed by atoms with van der Waals surface area (Å²) in [5.74, 6) is 0. The fourth-order valence-electron chi connectivity index (χ4n) is 2.24. The molecule has 6 nitrogen and oxygen atoms in total. The van der Waals surface area contributed by atoms with Crippen LogP contribution >= 0.6 is 11.3 Å². The molecule has 1 aliphatic heterocycles. The maximum absolute atomic E-state index is 11.8. The summed E-state index contributed by atoms with van der Waals surface area (Å²) in [6, 6.07) is 3.91. The molecule has 7 heteroatoms. The Kier molecular flexibility index (Phi) is 5.86. The standard InChI is InChI=1S/C14H21N3O3S/c1-2-20-14(19)17-7-5-11(6-8-17)16-13(18)15-10-12-4-3-9-21-12/h3-4,9,11H,2,5-8,10H2,1H3,(H2,15,16,18). The highest BCUT2D eigenvalue weighted by Crippen LogP contribution is 2.11. The number of nitrogens with zero attached hydrogens (tertiary/aromatic N) is 1. The minimum Gasteiger partial charge on any atom is -0.450 e. The van der Waals surface area contributed by atoms with Crippen LogP contribution in [0.1, 0.15) is 24.6 Å². The summed E-state index contributed by atoms with van der Waals surface area (Å²) in [6.45, 7) is 3.97. The van der Waals surface area contributed by atoms with Crippen LogP contribution in [0.4, 0.5) is 9.59 Å². The first-order valence-corrected chi connectivity index (χ1v) is 8.05. The van der Waals surface area contributed by atoms with Gasteiger partial charge in [0.05, 0.1) is 13.2 Å². The van der Waals surface area contributed by atoms with E-state index in [0.717, 1.165) is 17.7 Å². The number of likely N-dealkylation sites (tertiary alicyclic amines) is 1. The second-order valence-corrected chi connectivity index (χ2v) is 5.90. The molecule has 0 aromatic carbocycles. The summed E-state index contributed by atoms with van der Waals surface area (Å²) in [4.78, 5) is 26.2. The zero-order chi connectivity index (χ0) is 15.1. The quantitative estimate of drug-likeness (QED) is 0.895. The first kappa shape index (κ1) is 15.6. The number of amides is 3. The van der Waals surface area contributed by atoms with Gasteiger partial charge in [0, 0.05) is 24.0 Å². The molecule has 1 aliphatic rings. The zero-order valence-electron chi connectivity index (χ0n) is 12.1. The maximum Gasteiger partial charge on any atom is 0.409 e. The van der Waals surface area contributed by atoms with Crippen LogP contribution in [-0.2, 0) is 11.3 Å². The SMILES string of the molecule is CCOC(=O)N1CCC(NC(=O)NCc2cccs2)CC1. The van der Waals surface area contributed by atoms with Crippen LogP contribution in [0.15, 0.2) is 17.5 Å². The van der Waals surface area contributed by atoms with Gasteiger partial charge in [0.25, 0.3) is 0 Å². The number of rotatable bonds is 4. The van der Waals surface area contributed by atoms with Crippen LogP contribution in [0.25, 0.3) is 0 Å². The summed E-state index contributed by atoms with van der Waals surface area (Å²) in [7, 11) is 0. The molecule has 0 aliphatic carbocycles. The van der Waals surface area contributed by atoms with Gasteiger partial charge in [-0.2, -0.15) is 0 Å². The molecule has 0 saturated carbocycles. The fraction of sp³-hybridized carbons (Fsp3) is 0.571. The van der Waals surface area contributed by atoms with E-state index in [1.165, 1.54) is 0 Å². The first-order chi connectivity index (χ1) is 10.2. The normalized spacial score (nSPS) is 15.6. The van der Waals surface area contributed by atoms with Crippen molar-refractivity contribution in [1.82, 2.24) is 15.5 Å². The van der Waals surface area contributed by atoms with E-state index in [1.54, 1.807) is 23.2 Å². The Balaban J connectivity index is 1.66. The monoisotopic (exact) mass is 311 g/mol. The summed E-state index contributed by atoms with van der Waals surface area (Å²) in [5, 5.41) is 7.78. The Morgan fingerprint density at radius 3 is 2.81 bits per heavy atom. The Labute approximate surface area is 128 Å². The molecule has 0 bridgehead atoms. The Bertz CT molecular complexity index is 456. The van der Waals surface area contributed by atoms with Gasteiger partial charge in [-0.05, 0) is 31.2 Å². The highest BCUT2D eigenvalue weighted by molar-refractivity contribution is 7.09. The highest BCUT2D eigenvalue weighted by atomic mass is 32.1. The van der Waals surface area contributed by atoms with E-state index in [4.69, 9.17) is 4.74 Å². The average Bonchev–Trinajstić information content (AvgIpc) is 2.99. The average molecular weight is 311 g/mol. The second kappa shape index (κ2) is 7.87. The van der Waals surface area contributed by atoms with Crippen molar-refractivity contribution < 1.29 is 14.3 Å².